The fourth-order valence-corrected chi connectivity index (χ4v) is 3.14. The van der Waals surface area contributed by atoms with Crippen LogP contribution in [0.15, 0.2) is 29.2 Å². The Morgan fingerprint density at radius 2 is 1.88 bits per heavy atom. The van der Waals surface area contributed by atoms with E-state index in [9.17, 15) is 13.2 Å². The molecule has 0 aromatic heterocycles. The van der Waals surface area contributed by atoms with Crippen LogP contribution in [-0.4, -0.2) is 26.4 Å². The van der Waals surface area contributed by atoms with Crippen LogP contribution in [-0.2, 0) is 14.8 Å². The number of nitrogens with one attached hydrogen (secondary N) is 2. The molecule has 1 rings (SSSR count). The van der Waals surface area contributed by atoms with Crippen molar-refractivity contribution in [1.29, 1.82) is 0 Å². The minimum absolute atomic E-state index is 0. The Kier molecular flexibility index (Phi) is 8.38. The molecule has 0 aliphatic heterocycles. The summed E-state index contributed by atoms with van der Waals surface area (Å²) in [5.74, 6) is -0.345. The van der Waals surface area contributed by atoms with E-state index in [0.717, 1.165) is 0 Å². The summed E-state index contributed by atoms with van der Waals surface area (Å²) >= 11 is 0. The van der Waals surface area contributed by atoms with Crippen LogP contribution in [0, 0.1) is 5.41 Å². The SMILES string of the molecule is CCC(C)NS(=O)(=O)c1cccc(NC(=O)[C@@H](N)C(C)(C)C)c1.Cl. The number of carbonyl (C=O) groups is 1. The van der Waals surface area contributed by atoms with Gasteiger partial charge in [0.2, 0.25) is 15.9 Å². The molecule has 6 nitrogen and oxygen atoms in total. The average Bonchev–Trinajstić information content (AvgIpc) is 2.45. The molecular weight excluding hydrogens is 350 g/mol. The minimum Gasteiger partial charge on any atom is -0.325 e. The van der Waals surface area contributed by atoms with E-state index < -0.39 is 16.1 Å². The number of carbonyl (C=O) groups excluding carboxylic acids is 1. The molecule has 0 saturated carbocycles. The maximum Gasteiger partial charge on any atom is 0.241 e. The van der Waals surface area contributed by atoms with E-state index >= 15 is 0 Å². The molecular formula is C16H28ClN3O3S. The van der Waals surface area contributed by atoms with Crippen molar-refractivity contribution in [2.45, 2.75) is 58.0 Å². The first-order chi connectivity index (χ1) is 10.5. The fraction of sp³-hybridized carbons (Fsp3) is 0.562. The Hall–Kier alpha value is -1.15. The number of rotatable bonds is 6. The highest BCUT2D eigenvalue weighted by molar-refractivity contribution is 7.89. The molecule has 138 valence electrons. The van der Waals surface area contributed by atoms with Crippen molar-refractivity contribution in [2.75, 3.05) is 5.32 Å². The summed E-state index contributed by atoms with van der Waals surface area (Å²) < 4.78 is 27.2. The predicted molar refractivity (Wildman–Crippen MR) is 99.8 cm³/mol. The van der Waals surface area contributed by atoms with Gasteiger partial charge in [-0.1, -0.05) is 33.8 Å². The minimum atomic E-state index is -3.61. The van der Waals surface area contributed by atoms with Gasteiger partial charge < -0.3 is 11.1 Å². The first-order valence-electron chi connectivity index (χ1n) is 7.66. The Bertz CT molecular complexity index is 657. The summed E-state index contributed by atoms with van der Waals surface area (Å²) in [6.45, 7) is 9.31. The van der Waals surface area contributed by atoms with Gasteiger partial charge in [0, 0.05) is 11.7 Å². The number of sulfonamides is 1. The quantitative estimate of drug-likeness (QED) is 0.708. The largest absolute Gasteiger partial charge is 0.325 e. The molecule has 1 aromatic rings. The van der Waals surface area contributed by atoms with E-state index in [4.69, 9.17) is 5.73 Å². The van der Waals surface area contributed by atoms with Gasteiger partial charge in [-0.05, 0) is 37.0 Å². The highest BCUT2D eigenvalue weighted by Crippen LogP contribution is 2.20. The van der Waals surface area contributed by atoms with E-state index in [1.165, 1.54) is 12.1 Å². The fourth-order valence-electron chi connectivity index (χ4n) is 1.77. The number of nitrogens with two attached hydrogens (primary N) is 1. The van der Waals surface area contributed by atoms with Crippen molar-refractivity contribution < 1.29 is 13.2 Å². The Morgan fingerprint density at radius 1 is 1.29 bits per heavy atom. The van der Waals surface area contributed by atoms with Crippen molar-refractivity contribution in [2.24, 2.45) is 11.1 Å². The van der Waals surface area contributed by atoms with Crippen LogP contribution in [0.1, 0.15) is 41.0 Å². The summed E-state index contributed by atoms with van der Waals surface area (Å²) in [7, 11) is -3.61. The van der Waals surface area contributed by atoms with E-state index in [0.29, 0.717) is 12.1 Å². The Morgan fingerprint density at radius 3 is 2.38 bits per heavy atom. The first kappa shape index (κ1) is 22.9. The molecule has 0 bridgehead atoms. The molecule has 0 heterocycles. The second-order valence-corrected chi connectivity index (χ2v) is 8.51. The molecule has 0 aliphatic rings. The zero-order valence-corrected chi connectivity index (χ0v) is 16.4. The van der Waals surface area contributed by atoms with Gasteiger partial charge in [-0.3, -0.25) is 4.79 Å². The highest BCUT2D eigenvalue weighted by atomic mass is 35.5. The lowest BCUT2D eigenvalue weighted by atomic mass is 9.87. The second kappa shape index (κ2) is 8.80. The molecule has 0 fully saturated rings. The number of benzene rings is 1. The van der Waals surface area contributed by atoms with Gasteiger partial charge in [-0.2, -0.15) is 0 Å². The third kappa shape index (κ3) is 6.39. The van der Waals surface area contributed by atoms with Gasteiger partial charge in [0.1, 0.15) is 0 Å². The van der Waals surface area contributed by atoms with Gasteiger partial charge in [0.15, 0.2) is 0 Å². The summed E-state index contributed by atoms with van der Waals surface area (Å²) in [4.78, 5) is 12.3. The van der Waals surface area contributed by atoms with E-state index in [1.54, 1.807) is 19.1 Å². The summed E-state index contributed by atoms with van der Waals surface area (Å²) in [6, 6.07) is 5.29. The molecule has 1 unspecified atom stereocenters. The van der Waals surface area contributed by atoms with Crippen molar-refractivity contribution in [3.05, 3.63) is 24.3 Å². The molecule has 1 amide bonds. The third-order valence-electron chi connectivity index (χ3n) is 3.60. The number of hydrogen-bond donors (Lipinski definition) is 3. The second-order valence-electron chi connectivity index (χ2n) is 6.79. The van der Waals surface area contributed by atoms with Crippen molar-refractivity contribution in [3.8, 4) is 0 Å². The Balaban J connectivity index is 0.00000529. The van der Waals surface area contributed by atoms with Crippen LogP contribution in [0.2, 0.25) is 0 Å². The number of amides is 1. The third-order valence-corrected chi connectivity index (χ3v) is 5.18. The molecule has 0 spiro atoms. The van der Waals surface area contributed by atoms with Gasteiger partial charge in [-0.15, -0.1) is 12.4 Å². The molecule has 8 heteroatoms. The number of anilines is 1. The first-order valence-corrected chi connectivity index (χ1v) is 9.14. The molecule has 24 heavy (non-hydrogen) atoms. The van der Waals surface area contributed by atoms with E-state index in [2.05, 4.69) is 10.0 Å². The van der Waals surface area contributed by atoms with Crippen molar-refractivity contribution in [3.63, 3.8) is 0 Å². The molecule has 2 atom stereocenters. The smallest absolute Gasteiger partial charge is 0.241 e. The summed E-state index contributed by atoms with van der Waals surface area (Å²) in [6.07, 6.45) is 0.691. The molecule has 0 saturated heterocycles. The molecule has 4 N–H and O–H groups in total. The zero-order chi connectivity index (χ0) is 17.8. The van der Waals surface area contributed by atoms with Crippen molar-refractivity contribution >= 4 is 34.0 Å². The van der Waals surface area contributed by atoms with Gasteiger partial charge in [-0.25, -0.2) is 13.1 Å². The molecule has 1 aromatic carbocycles. The van der Waals surface area contributed by atoms with Crippen LogP contribution in [0.3, 0.4) is 0 Å². The predicted octanol–water partition coefficient (Wildman–Crippen LogP) is 2.50. The van der Waals surface area contributed by atoms with Crippen LogP contribution in [0.5, 0.6) is 0 Å². The summed E-state index contributed by atoms with van der Waals surface area (Å²) in [5, 5.41) is 2.67. The van der Waals surface area contributed by atoms with Gasteiger partial charge in [0.25, 0.3) is 0 Å². The van der Waals surface area contributed by atoms with Crippen molar-refractivity contribution in [1.82, 2.24) is 4.72 Å². The number of hydrogen-bond acceptors (Lipinski definition) is 4. The van der Waals surface area contributed by atoms with Crippen LogP contribution >= 0.6 is 12.4 Å². The zero-order valence-electron chi connectivity index (χ0n) is 14.8. The van der Waals surface area contributed by atoms with Crippen LogP contribution in [0.4, 0.5) is 5.69 Å². The topological polar surface area (TPSA) is 101 Å². The molecule has 0 aliphatic carbocycles. The monoisotopic (exact) mass is 377 g/mol. The standard InChI is InChI=1S/C16H27N3O3S.ClH/c1-6-11(2)19-23(21,22)13-9-7-8-12(10-13)18-15(20)14(17)16(3,4)5;/h7-11,14,19H,6,17H2,1-5H3,(H,18,20);1H/t11?,14-;/m1./s1. The summed E-state index contributed by atoms with van der Waals surface area (Å²) in [5.41, 5.74) is 5.93. The number of halogens is 1. The van der Waals surface area contributed by atoms with Gasteiger partial charge in [0.05, 0.1) is 10.9 Å². The van der Waals surface area contributed by atoms with E-state index in [1.807, 2.05) is 27.7 Å². The maximum atomic E-state index is 12.3. The highest BCUT2D eigenvalue weighted by Gasteiger charge is 2.27. The van der Waals surface area contributed by atoms with E-state index in [-0.39, 0.29) is 34.7 Å². The lowest BCUT2D eigenvalue weighted by Crippen LogP contribution is -2.45. The van der Waals surface area contributed by atoms with Gasteiger partial charge >= 0.3 is 0 Å². The lowest BCUT2D eigenvalue weighted by Gasteiger charge is -2.25. The van der Waals surface area contributed by atoms with Crippen LogP contribution in [0.25, 0.3) is 0 Å². The van der Waals surface area contributed by atoms with Crippen LogP contribution < -0.4 is 15.8 Å². The Labute approximate surface area is 151 Å². The lowest BCUT2D eigenvalue weighted by molar-refractivity contribution is -0.119. The average molecular weight is 378 g/mol. The maximum absolute atomic E-state index is 12.3. The molecule has 0 radical (unpaired) electrons. The normalized spacial score (nSPS) is 14.4.